The smallest absolute Gasteiger partial charge is 0.113 e. The van der Waals surface area contributed by atoms with E-state index in [1.807, 2.05) is 60.9 Å². The Hall–Kier alpha value is -2.75. The zero-order valence-corrected chi connectivity index (χ0v) is 11.7. The van der Waals surface area contributed by atoms with Gasteiger partial charge in [-0.15, -0.1) is 0 Å². The number of imidazole rings is 1. The standard InChI is InChI=1S/C17H18N4/c18-15-7-5-13(6-8-15)12-21-10-9-20-17(21)11-14-3-1-2-4-16(14)19/h1-10H,11-12,18-19H2. The molecule has 21 heavy (non-hydrogen) atoms. The fourth-order valence-corrected chi connectivity index (χ4v) is 2.34. The average molecular weight is 278 g/mol. The van der Waals surface area contributed by atoms with E-state index < -0.39 is 0 Å². The first-order valence-electron chi connectivity index (χ1n) is 6.90. The molecule has 0 amide bonds. The van der Waals surface area contributed by atoms with Crippen molar-refractivity contribution < 1.29 is 0 Å². The molecule has 0 aliphatic carbocycles. The lowest BCUT2D eigenvalue weighted by atomic mass is 10.1. The molecule has 1 aromatic heterocycles. The third-order valence-corrected chi connectivity index (χ3v) is 3.54. The molecule has 0 saturated carbocycles. The van der Waals surface area contributed by atoms with Gasteiger partial charge >= 0.3 is 0 Å². The van der Waals surface area contributed by atoms with E-state index in [0.717, 1.165) is 35.7 Å². The van der Waals surface area contributed by atoms with Gasteiger partial charge in [0.25, 0.3) is 0 Å². The Bertz CT molecular complexity index is 729. The number of para-hydroxylation sites is 1. The highest BCUT2D eigenvalue weighted by molar-refractivity contribution is 5.47. The second-order valence-electron chi connectivity index (χ2n) is 5.09. The van der Waals surface area contributed by atoms with Crippen LogP contribution in [0.4, 0.5) is 11.4 Å². The molecule has 0 atom stereocenters. The monoisotopic (exact) mass is 278 g/mol. The number of anilines is 2. The molecule has 2 aromatic carbocycles. The molecule has 4 nitrogen and oxygen atoms in total. The summed E-state index contributed by atoms with van der Waals surface area (Å²) in [5.41, 5.74) is 15.6. The number of nitrogen functional groups attached to an aromatic ring is 2. The van der Waals surface area contributed by atoms with E-state index in [-0.39, 0.29) is 0 Å². The van der Waals surface area contributed by atoms with Crippen molar-refractivity contribution in [1.82, 2.24) is 9.55 Å². The summed E-state index contributed by atoms with van der Waals surface area (Å²) in [4.78, 5) is 4.45. The summed E-state index contributed by atoms with van der Waals surface area (Å²) < 4.78 is 2.14. The quantitative estimate of drug-likeness (QED) is 0.721. The predicted molar refractivity (Wildman–Crippen MR) is 85.8 cm³/mol. The highest BCUT2D eigenvalue weighted by Crippen LogP contribution is 2.16. The van der Waals surface area contributed by atoms with Gasteiger partial charge in [0.15, 0.2) is 0 Å². The van der Waals surface area contributed by atoms with Crippen LogP contribution in [0.15, 0.2) is 60.9 Å². The molecule has 1 heterocycles. The molecule has 3 rings (SSSR count). The Balaban J connectivity index is 1.81. The maximum Gasteiger partial charge on any atom is 0.113 e. The van der Waals surface area contributed by atoms with E-state index in [1.165, 1.54) is 5.56 Å². The van der Waals surface area contributed by atoms with Crippen LogP contribution in [0, 0.1) is 0 Å². The molecule has 0 aliphatic heterocycles. The topological polar surface area (TPSA) is 69.9 Å². The number of aromatic nitrogens is 2. The van der Waals surface area contributed by atoms with Gasteiger partial charge in [0, 0.05) is 36.7 Å². The number of nitrogens with zero attached hydrogens (tertiary/aromatic N) is 2. The Kier molecular flexibility index (Phi) is 3.60. The van der Waals surface area contributed by atoms with Crippen molar-refractivity contribution in [2.24, 2.45) is 0 Å². The van der Waals surface area contributed by atoms with Crippen LogP contribution in [0.3, 0.4) is 0 Å². The predicted octanol–water partition coefficient (Wildman–Crippen LogP) is 2.69. The molecule has 0 radical (unpaired) electrons. The summed E-state index contributed by atoms with van der Waals surface area (Å²) in [6.07, 6.45) is 4.55. The van der Waals surface area contributed by atoms with Gasteiger partial charge in [0.1, 0.15) is 5.82 Å². The molecule has 4 N–H and O–H groups in total. The van der Waals surface area contributed by atoms with Crippen LogP contribution in [-0.2, 0) is 13.0 Å². The lowest BCUT2D eigenvalue weighted by Gasteiger charge is -2.10. The second-order valence-corrected chi connectivity index (χ2v) is 5.09. The number of benzene rings is 2. The summed E-state index contributed by atoms with van der Waals surface area (Å²) in [5.74, 6) is 1.00. The first-order chi connectivity index (χ1) is 10.2. The van der Waals surface area contributed by atoms with Crippen LogP contribution in [-0.4, -0.2) is 9.55 Å². The third kappa shape index (κ3) is 3.05. The minimum atomic E-state index is 0.731. The zero-order chi connectivity index (χ0) is 14.7. The Morgan fingerprint density at radius 1 is 0.952 bits per heavy atom. The van der Waals surface area contributed by atoms with Crippen molar-refractivity contribution in [3.63, 3.8) is 0 Å². The molecular weight excluding hydrogens is 260 g/mol. The number of hydrogen-bond donors (Lipinski definition) is 2. The largest absolute Gasteiger partial charge is 0.399 e. The molecule has 0 spiro atoms. The highest BCUT2D eigenvalue weighted by Gasteiger charge is 2.07. The van der Waals surface area contributed by atoms with E-state index in [4.69, 9.17) is 11.5 Å². The average Bonchev–Trinajstić information content (AvgIpc) is 2.91. The van der Waals surface area contributed by atoms with Crippen molar-refractivity contribution >= 4 is 11.4 Å². The number of nitrogens with two attached hydrogens (primary N) is 2. The van der Waals surface area contributed by atoms with E-state index in [9.17, 15) is 0 Å². The molecular formula is C17H18N4. The fraction of sp³-hybridized carbons (Fsp3) is 0.118. The van der Waals surface area contributed by atoms with Gasteiger partial charge < -0.3 is 16.0 Å². The van der Waals surface area contributed by atoms with Crippen LogP contribution < -0.4 is 11.5 Å². The summed E-state index contributed by atoms with van der Waals surface area (Å²) in [5, 5.41) is 0. The molecule has 0 bridgehead atoms. The van der Waals surface area contributed by atoms with Gasteiger partial charge in [-0.1, -0.05) is 30.3 Å². The van der Waals surface area contributed by atoms with Crippen LogP contribution in [0.2, 0.25) is 0 Å². The highest BCUT2D eigenvalue weighted by atomic mass is 15.1. The van der Waals surface area contributed by atoms with Gasteiger partial charge in [-0.25, -0.2) is 4.98 Å². The van der Waals surface area contributed by atoms with E-state index in [1.54, 1.807) is 0 Å². The van der Waals surface area contributed by atoms with Crippen molar-refractivity contribution in [2.45, 2.75) is 13.0 Å². The van der Waals surface area contributed by atoms with Crippen molar-refractivity contribution in [3.8, 4) is 0 Å². The molecule has 0 aliphatic rings. The van der Waals surface area contributed by atoms with Crippen LogP contribution in [0.25, 0.3) is 0 Å². The van der Waals surface area contributed by atoms with Crippen molar-refractivity contribution in [3.05, 3.63) is 77.9 Å². The van der Waals surface area contributed by atoms with Gasteiger partial charge in [-0.05, 0) is 29.3 Å². The molecule has 106 valence electrons. The van der Waals surface area contributed by atoms with Crippen LogP contribution >= 0.6 is 0 Å². The van der Waals surface area contributed by atoms with E-state index in [0.29, 0.717) is 0 Å². The number of hydrogen-bond acceptors (Lipinski definition) is 3. The summed E-state index contributed by atoms with van der Waals surface area (Å²) in [6, 6.07) is 15.8. The molecule has 3 aromatic rings. The molecule has 0 unspecified atom stereocenters. The van der Waals surface area contributed by atoms with Crippen LogP contribution in [0.5, 0.6) is 0 Å². The minimum Gasteiger partial charge on any atom is -0.399 e. The Morgan fingerprint density at radius 3 is 2.48 bits per heavy atom. The van der Waals surface area contributed by atoms with Crippen LogP contribution in [0.1, 0.15) is 17.0 Å². The van der Waals surface area contributed by atoms with Gasteiger partial charge in [0.05, 0.1) is 0 Å². The minimum absolute atomic E-state index is 0.731. The Labute approximate surface area is 124 Å². The molecule has 0 saturated heterocycles. The summed E-state index contributed by atoms with van der Waals surface area (Å²) in [7, 11) is 0. The summed E-state index contributed by atoms with van der Waals surface area (Å²) >= 11 is 0. The first kappa shape index (κ1) is 13.2. The normalized spacial score (nSPS) is 10.7. The van der Waals surface area contributed by atoms with Gasteiger partial charge in [-0.2, -0.15) is 0 Å². The molecule has 4 heteroatoms. The SMILES string of the molecule is Nc1ccc(Cn2ccnc2Cc2ccccc2N)cc1. The Morgan fingerprint density at radius 2 is 1.71 bits per heavy atom. The lowest BCUT2D eigenvalue weighted by Crippen LogP contribution is -2.06. The third-order valence-electron chi connectivity index (χ3n) is 3.54. The summed E-state index contributed by atoms with van der Waals surface area (Å²) in [6.45, 7) is 0.780. The first-order valence-corrected chi connectivity index (χ1v) is 6.90. The van der Waals surface area contributed by atoms with Gasteiger partial charge in [-0.3, -0.25) is 0 Å². The van der Waals surface area contributed by atoms with Crippen molar-refractivity contribution in [2.75, 3.05) is 11.5 Å². The maximum atomic E-state index is 6.01. The van der Waals surface area contributed by atoms with Crippen molar-refractivity contribution in [1.29, 1.82) is 0 Å². The zero-order valence-electron chi connectivity index (χ0n) is 11.7. The maximum absolute atomic E-state index is 6.01. The second kappa shape index (κ2) is 5.71. The molecule has 0 fully saturated rings. The fourth-order valence-electron chi connectivity index (χ4n) is 2.34. The van der Waals surface area contributed by atoms with E-state index >= 15 is 0 Å². The lowest BCUT2D eigenvalue weighted by molar-refractivity contribution is 0.741. The number of rotatable bonds is 4. The van der Waals surface area contributed by atoms with E-state index in [2.05, 4.69) is 9.55 Å². The van der Waals surface area contributed by atoms with Gasteiger partial charge in [0.2, 0.25) is 0 Å².